The highest BCUT2D eigenvalue weighted by Crippen LogP contribution is 2.19. The van der Waals surface area contributed by atoms with E-state index in [4.69, 9.17) is 10.5 Å². The highest BCUT2D eigenvalue weighted by molar-refractivity contribution is 6.00. The first-order chi connectivity index (χ1) is 8.06. The van der Waals surface area contributed by atoms with Crippen molar-refractivity contribution in [3.63, 3.8) is 0 Å². The van der Waals surface area contributed by atoms with Crippen LogP contribution in [-0.2, 0) is 4.74 Å². The van der Waals surface area contributed by atoms with E-state index in [1.165, 1.54) is 25.3 Å². The Morgan fingerprint density at radius 1 is 1.53 bits per heavy atom. The molecule has 6 nitrogen and oxygen atoms in total. The molecule has 92 valence electrons. The number of nitro groups is 1. The molecule has 0 aromatic heterocycles. The highest BCUT2D eigenvalue weighted by atomic mass is 16.6. The van der Waals surface area contributed by atoms with Crippen LogP contribution in [0.5, 0.6) is 0 Å². The van der Waals surface area contributed by atoms with Crippen molar-refractivity contribution in [2.75, 3.05) is 13.7 Å². The Balaban J connectivity index is 2.85. The lowest BCUT2D eigenvalue weighted by Gasteiger charge is -2.09. The molecule has 0 bridgehead atoms. The zero-order valence-corrected chi connectivity index (χ0v) is 9.46. The largest absolute Gasteiger partial charge is 0.383 e. The van der Waals surface area contributed by atoms with E-state index in [9.17, 15) is 14.9 Å². The van der Waals surface area contributed by atoms with E-state index < -0.39 is 11.0 Å². The summed E-state index contributed by atoms with van der Waals surface area (Å²) in [6.45, 7) is 0.242. The second kappa shape index (κ2) is 6.07. The lowest BCUT2D eigenvalue weighted by Crippen LogP contribution is -2.28. The van der Waals surface area contributed by atoms with Crippen molar-refractivity contribution >= 4 is 11.5 Å². The monoisotopic (exact) mass is 238 g/mol. The highest BCUT2D eigenvalue weighted by Gasteiger charge is 2.20. The Morgan fingerprint density at radius 2 is 2.18 bits per heavy atom. The van der Waals surface area contributed by atoms with Gasteiger partial charge >= 0.3 is 0 Å². The minimum absolute atomic E-state index is 0.0265. The standard InChI is InChI=1S/C11H14N2O4/c1-17-7-8(12)6-11(14)9-4-2-3-5-10(9)13(15)16/h2-5,8H,6-7,12H2,1H3. The summed E-state index contributed by atoms with van der Waals surface area (Å²) in [6, 6.07) is 5.38. The van der Waals surface area contributed by atoms with Crippen molar-refractivity contribution in [3.05, 3.63) is 39.9 Å². The van der Waals surface area contributed by atoms with Crippen LogP contribution < -0.4 is 5.73 Å². The van der Waals surface area contributed by atoms with Gasteiger partial charge in [-0.25, -0.2) is 0 Å². The maximum atomic E-state index is 11.8. The van der Waals surface area contributed by atoms with E-state index >= 15 is 0 Å². The topological polar surface area (TPSA) is 95.5 Å². The number of ketones is 1. The maximum absolute atomic E-state index is 11.8. The van der Waals surface area contributed by atoms with Gasteiger partial charge in [-0.05, 0) is 6.07 Å². The summed E-state index contributed by atoms with van der Waals surface area (Å²) in [4.78, 5) is 22.0. The van der Waals surface area contributed by atoms with E-state index in [1.54, 1.807) is 6.07 Å². The fraction of sp³-hybridized carbons (Fsp3) is 0.364. The third-order valence-electron chi connectivity index (χ3n) is 2.23. The molecule has 1 aromatic carbocycles. The SMILES string of the molecule is COCC(N)CC(=O)c1ccccc1[N+](=O)[O-]. The van der Waals surface area contributed by atoms with Crippen molar-refractivity contribution in [1.82, 2.24) is 0 Å². The van der Waals surface area contributed by atoms with Gasteiger partial charge in [0.25, 0.3) is 5.69 Å². The number of nitrogens with two attached hydrogens (primary N) is 1. The number of para-hydroxylation sites is 1. The summed E-state index contributed by atoms with van der Waals surface area (Å²) in [5.74, 6) is -0.346. The van der Waals surface area contributed by atoms with Gasteiger partial charge in [-0.15, -0.1) is 0 Å². The van der Waals surface area contributed by atoms with Crippen molar-refractivity contribution in [2.45, 2.75) is 12.5 Å². The molecule has 0 saturated heterocycles. The average Bonchev–Trinajstić information content (AvgIpc) is 2.29. The molecule has 0 spiro atoms. The Bertz CT molecular complexity index is 420. The molecule has 0 aliphatic rings. The van der Waals surface area contributed by atoms with Crippen LogP contribution in [0.25, 0.3) is 0 Å². The van der Waals surface area contributed by atoms with Gasteiger partial charge in [0.1, 0.15) is 0 Å². The molecule has 0 saturated carbocycles. The van der Waals surface area contributed by atoms with E-state index in [0.29, 0.717) is 0 Å². The first-order valence-electron chi connectivity index (χ1n) is 5.07. The van der Waals surface area contributed by atoms with Crippen LogP contribution in [0, 0.1) is 10.1 Å². The fourth-order valence-corrected chi connectivity index (χ4v) is 1.49. The van der Waals surface area contributed by atoms with Gasteiger partial charge in [0.2, 0.25) is 0 Å². The predicted molar refractivity (Wildman–Crippen MR) is 61.9 cm³/mol. The van der Waals surface area contributed by atoms with Crippen LogP contribution in [-0.4, -0.2) is 30.5 Å². The Hall–Kier alpha value is -1.79. The van der Waals surface area contributed by atoms with Gasteiger partial charge < -0.3 is 10.5 Å². The van der Waals surface area contributed by atoms with E-state index in [2.05, 4.69) is 0 Å². The number of nitrogens with zero attached hydrogens (tertiary/aromatic N) is 1. The number of rotatable bonds is 6. The molecule has 1 atom stereocenters. The first-order valence-corrected chi connectivity index (χ1v) is 5.07. The van der Waals surface area contributed by atoms with Gasteiger partial charge in [0.15, 0.2) is 5.78 Å². The molecule has 6 heteroatoms. The minimum Gasteiger partial charge on any atom is -0.383 e. The van der Waals surface area contributed by atoms with Crippen LogP contribution in [0.15, 0.2) is 24.3 Å². The number of carbonyl (C=O) groups excluding carboxylic acids is 1. The second-order valence-corrected chi connectivity index (χ2v) is 3.62. The molecule has 1 unspecified atom stereocenters. The second-order valence-electron chi connectivity index (χ2n) is 3.62. The average molecular weight is 238 g/mol. The van der Waals surface area contributed by atoms with Crippen LogP contribution >= 0.6 is 0 Å². The number of nitro benzene ring substituents is 1. The molecule has 17 heavy (non-hydrogen) atoms. The molecule has 2 N–H and O–H groups in total. The van der Waals surface area contributed by atoms with Crippen molar-refractivity contribution in [2.24, 2.45) is 5.73 Å². The quantitative estimate of drug-likeness (QED) is 0.455. The molecular formula is C11H14N2O4. The number of benzene rings is 1. The first kappa shape index (κ1) is 13.3. The van der Waals surface area contributed by atoms with Crippen LogP contribution in [0.2, 0.25) is 0 Å². The van der Waals surface area contributed by atoms with Gasteiger partial charge in [0, 0.05) is 25.6 Å². The summed E-state index contributed by atoms with van der Waals surface area (Å²) in [5, 5.41) is 10.7. The smallest absolute Gasteiger partial charge is 0.280 e. The maximum Gasteiger partial charge on any atom is 0.280 e. The fourth-order valence-electron chi connectivity index (χ4n) is 1.49. The summed E-state index contributed by atoms with van der Waals surface area (Å²) in [7, 11) is 1.48. The zero-order chi connectivity index (χ0) is 12.8. The molecule has 0 fully saturated rings. The molecule has 0 radical (unpaired) electrons. The molecule has 1 aromatic rings. The third-order valence-corrected chi connectivity index (χ3v) is 2.23. The summed E-state index contributed by atoms with van der Waals surface area (Å²) in [5.41, 5.74) is 5.53. The molecule has 0 amide bonds. The summed E-state index contributed by atoms with van der Waals surface area (Å²) >= 11 is 0. The van der Waals surface area contributed by atoms with E-state index in [1.807, 2.05) is 0 Å². The van der Waals surface area contributed by atoms with Crippen molar-refractivity contribution in [3.8, 4) is 0 Å². The van der Waals surface area contributed by atoms with Crippen molar-refractivity contribution in [1.29, 1.82) is 0 Å². The molecule has 0 aliphatic carbocycles. The van der Waals surface area contributed by atoms with Crippen LogP contribution in [0.4, 0.5) is 5.69 Å². The number of carbonyl (C=O) groups is 1. The molecule has 1 rings (SSSR count). The lowest BCUT2D eigenvalue weighted by atomic mass is 10.0. The number of hydrogen-bond acceptors (Lipinski definition) is 5. The van der Waals surface area contributed by atoms with E-state index in [-0.39, 0.29) is 30.1 Å². The van der Waals surface area contributed by atoms with Gasteiger partial charge in [-0.3, -0.25) is 14.9 Å². The van der Waals surface area contributed by atoms with E-state index in [0.717, 1.165) is 0 Å². The molecular weight excluding hydrogens is 224 g/mol. The number of ether oxygens (including phenoxy) is 1. The number of Topliss-reactive ketones (excluding diaryl/α,β-unsaturated/α-hetero) is 1. The Kier molecular flexibility index (Phi) is 4.74. The predicted octanol–water partition coefficient (Wildman–Crippen LogP) is 1.14. The molecule has 0 aliphatic heterocycles. The molecule has 0 heterocycles. The number of hydrogen-bond donors (Lipinski definition) is 1. The van der Waals surface area contributed by atoms with Crippen LogP contribution in [0.3, 0.4) is 0 Å². The summed E-state index contributed by atoms with van der Waals surface area (Å²) < 4.78 is 4.81. The third kappa shape index (κ3) is 3.61. The summed E-state index contributed by atoms with van der Waals surface area (Å²) in [6.07, 6.45) is 0.0265. The number of methoxy groups -OCH3 is 1. The Labute approximate surface area is 98.5 Å². The zero-order valence-electron chi connectivity index (χ0n) is 9.46. The minimum atomic E-state index is -0.574. The van der Waals surface area contributed by atoms with Gasteiger partial charge in [0.05, 0.1) is 17.1 Å². The Morgan fingerprint density at radius 3 is 2.76 bits per heavy atom. The van der Waals surface area contributed by atoms with Gasteiger partial charge in [-0.2, -0.15) is 0 Å². The lowest BCUT2D eigenvalue weighted by molar-refractivity contribution is -0.385. The normalized spacial score (nSPS) is 12.1. The van der Waals surface area contributed by atoms with Crippen molar-refractivity contribution < 1.29 is 14.5 Å². The van der Waals surface area contributed by atoms with Gasteiger partial charge in [-0.1, -0.05) is 12.1 Å². The van der Waals surface area contributed by atoms with Crippen LogP contribution in [0.1, 0.15) is 16.8 Å².